The summed E-state index contributed by atoms with van der Waals surface area (Å²) in [6.45, 7) is 0. The number of benzene rings is 1. The van der Waals surface area contributed by atoms with E-state index in [1.807, 2.05) is 0 Å². The number of carbonyl (C=O) groups excluding carboxylic acids is 2. The zero-order valence-electron chi connectivity index (χ0n) is 10.2. The zero-order valence-corrected chi connectivity index (χ0v) is 11.0. The predicted molar refractivity (Wildman–Crippen MR) is 67.2 cm³/mol. The Kier molecular flexibility index (Phi) is 2.68. The average Bonchev–Trinajstić information content (AvgIpc) is 2.69. The van der Waals surface area contributed by atoms with Gasteiger partial charge >= 0.3 is 6.03 Å². The Hall–Kier alpha value is -1.73. The van der Waals surface area contributed by atoms with Crippen LogP contribution in [0.5, 0.6) is 5.75 Å². The first kappa shape index (κ1) is 12.3. The predicted octanol–water partition coefficient (Wildman–Crippen LogP) is 0.241. The maximum absolute atomic E-state index is 12.1. The maximum Gasteiger partial charge on any atom is 0.322 e. The number of hydrogen-bond donors (Lipinski definition) is 2. The van der Waals surface area contributed by atoms with Crippen LogP contribution >= 0.6 is 0 Å². The maximum atomic E-state index is 12.1. The number of methoxy groups -OCH3 is 1. The van der Waals surface area contributed by atoms with Gasteiger partial charge in [-0.1, -0.05) is 0 Å². The van der Waals surface area contributed by atoms with Crippen molar-refractivity contribution in [1.82, 2.24) is 10.6 Å². The van der Waals surface area contributed by atoms with Crippen molar-refractivity contribution >= 4 is 23.1 Å². The van der Waals surface area contributed by atoms with Crippen molar-refractivity contribution in [3.05, 3.63) is 23.8 Å². The largest absolute Gasteiger partial charge is 0.611 e. The van der Waals surface area contributed by atoms with Crippen LogP contribution in [0, 0.1) is 0 Å². The standard InChI is InChI=1S/C12H12N2O4S/c1-18-7-2-3-9-8(6-7)12(4-5-19(9)17)10(15)13-11(16)14-12/h2-3,6H,4-5H2,1H3,(H2,13,14,15,16). The van der Waals surface area contributed by atoms with Gasteiger partial charge in [0.15, 0.2) is 10.4 Å². The lowest BCUT2D eigenvalue weighted by atomic mass is 9.86. The molecule has 6 nitrogen and oxygen atoms in total. The fraction of sp³-hybridized carbons (Fsp3) is 0.333. The van der Waals surface area contributed by atoms with Crippen molar-refractivity contribution in [2.75, 3.05) is 12.9 Å². The van der Waals surface area contributed by atoms with Crippen molar-refractivity contribution in [3.63, 3.8) is 0 Å². The fourth-order valence-corrected chi connectivity index (χ4v) is 3.93. The van der Waals surface area contributed by atoms with Crippen molar-refractivity contribution < 1.29 is 18.9 Å². The minimum atomic E-state index is -1.16. The molecular formula is C12H12N2O4S. The van der Waals surface area contributed by atoms with Crippen LogP contribution in [0.4, 0.5) is 4.79 Å². The van der Waals surface area contributed by atoms with E-state index in [1.54, 1.807) is 18.2 Å². The van der Waals surface area contributed by atoms with E-state index in [4.69, 9.17) is 4.74 Å². The van der Waals surface area contributed by atoms with E-state index in [-0.39, 0.29) is 0 Å². The van der Waals surface area contributed by atoms with Gasteiger partial charge in [0, 0.05) is 12.0 Å². The topological polar surface area (TPSA) is 90.5 Å². The van der Waals surface area contributed by atoms with Gasteiger partial charge in [-0.2, -0.15) is 0 Å². The average molecular weight is 280 g/mol. The second kappa shape index (κ2) is 4.14. The highest BCUT2D eigenvalue weighted by Crippen LogP contribution is 2.40. The molecule has 2 aliphatic heterocycles. The highest BCUT2D eigenvalue weighted by atomic mass is 32.2. The van der Waals surface area contributed by atoms with E-state index < -0.39 is 28.7 Å². The Morgan fingerprint density at radius 1 is 1.42 bits per heavy atom. The molecule has 2 unspecified atom stereocenters. The van der Waals surface area contributed by atoms with Crippen molar-refractivity contribution in [2.45, 2.75) is 16.9 Å². The second-order valence-corrected chi connectivity index (χ2v) is 6.01. The molecule has 2 atom stereocenters. The second-order valence-electron chi connectivity index (χ2n) is 4.48. The summed E-state index contributed by atoms with van der Waals surface area (Å²) in [5, 5.41) is 4.90. The summed E-state index contributed by atoms with van der Waals surface area (Å²) in [6, 6.07) is 4.52. The third-order valence-corrected chi connectivity index (χ3v) is 4.92. The molecule has 2 heterocycles. The molecule has 0 bridgehead atoms. The van der Waals surface area contributed by atoms with Gasteiger partial charge in [-0.3, -0.25) is 10.1 Å². The van der Waals surface area contributed by atoms with E-state index in [2.05, 4.69) is 10.6 Å². The van der Waals surface area contributed by atoms with Crippen LogP contribution in [0.3, 0.4) is 0 Å². The number of imide groups is 1. The van der Waals surface area contributed by atoms with Crippen molar-refractivity contribution in [1.29, 1.82) is 0 Å². The first-order valence-corrected chi connectivity index (χ1v) is 7.09. The van der Waals surface area contributed by atoms with E-state index >= 15 is 0 Å². The van der Waals surface area contributed by atoms with Crippen LogP contribution in [0.15, 0.2) is 23.1 Å². The number of amides is 3. The van der Waals surface area contributed by atoms with Gasteiger partial charge in [0.25, 0.3) is 5.91 Å². The first-order chi connectivity index (χ1) is 9.06. The summed E-state index contributed by atoms with van der Waals surface area (Å²) in [7, 11) is 1.52. The van der Waals surface area contributed by atoms with Crippen LogP contribution in [0.25, 0.3) is 0 Å². The summed E-state index contributed by atoms with van der Waals surface area (Å²) >= 11 is -1.16. The Labute approximate surface area is 112 Å². The molecule has 1 aromatic rings. The molecule has 3 rings (SSSR count). The SMILES string of the molecule is COc1ccc2c(c1)C1(CC[S+]2[O-])NC(=O)NC1=O. The minimum absolute atomic E-state index is 0.317. The third-order valence-electron chi connectivity index (χ3n) is 3.50. The van der Waals surface area contributed by atoms with E-state index in [1.165, 1.54) is 7.11 Å². The van der Waals surface area contributed by atoms with E-state index in [0.29, 0.717) is 28.4 Å². The Morgan fingerprint density at radius 2 is 2.21 bits per heavy atom. The summed E-state index contributed by atoms with van der Waals surface area (Å²) in [5.74, 6) is 0.502. The number of ether oxygens (including phenoxy) is 1. The molecule has 2 N–H and O–H groups in total. The normalized spacial score (nSPS) is 28.8. The number of rotatable bonds is 1. The summed E-state index contributed by atoms with van der Waals surface area (Å²) < 4.78 is 17.2. The number of fused-ring (bicyclic) bond motifs is 2. The molecule has 100 valence electrons. The van der Waals surface area contributed by atoms with Crippen LogP contribution in [0.2, 0.25) is 0 Å². The van der Waals surface area contributed by atoms with Gasteiger partial charge in [0.05, 0.1) is 7.11 Å². The van der Waals surface area contributed by atoms with Gasteiger partial charge < -0.3 is 14.6 Å². The monoisotopic (exact) mass is 280 g/mol. The number of nitrogens with one attached hydrogen (secondary N) is 2. The highest BCUT2D eigenvalue weighted by molar-refractivity contribution is 7.91. The third kappa shape index (κ3) is 1.69. The quantitative estimate of drug-likeness (QED) is 0.569. The van der Waals surface area contributed by atoms with Crippen LogP contribution in [-0.4, -0.2) is 29.4 Å². The molecule has 0 saturated carbocycles. The van der Waals surface area contributed by atoms with E-state index in [0.717, 1.165) is 0 Å². The smallest absolute Gasteiger partial charge is 0.322 e. The van der Waals surface area contributed by atoms with E-state index in [9.17, 15) is 14.1 Å². The van der Waals surface area contributed by atoms with Crippen molar-refractivity contribution in [3.8, 4) is 5.75 Å². The molecule has 7 heteroatoms. The van der Waals surface area contributed by atoms with Gasteiger partial charge in [-0.25, -0.2) is 4.79 Å². The van der Waals surface area contributed by atoms with Gasteiger partial charge in [-0.05, 0) is 29.4 Å². The lowest BCUT2D eigenvalue weighted by Crippen LogP contribution is -2.48. The molecule has 19 heavy (non-hydrogen) atoms. The molecule has 0 radical (unpaired) electrons. The molecule has 1 fully saturated rings. The summed E-state index contributed by atoms with van der Waals surface area (Å²) in [5.41, 5.74) is -0.561. The lowest BCUT2D eigenvalue weighted by molar-refractivity contribution is -0.124. The summed E-state index contributed by atoms with van der Waals surface area (Å²) in [6.07, 6.45) is 0.317. The Balaban J connectivity index is 2.19. The Bertz CT molecular complexity index is 577. The number of hydrogen-bond acceptors (Lipinski definition) is 4. The first-order valence-electron chi connectivity index (χ1n) is 5.77. The van der Waals surface area contributed by atoms with Gasteiger partial charge in [0.2, 0.25) is 0 Å². The number of carbonyl (C=O) groups is 2. The fourth-order valence-electron chi connectivity index (χ4n) is 2.52. The van der Waals surface area contributed by atoms with Gasteiger partial charge in [-0.15, -0.1) is 0 Å². The zero-order chi connectivity index (χ0) is 13.6. The molecule has 0 aliphatic carbocycles. The van der Waals surface area contributed by atoms with Gasteiger partial charge in [0.1, 0.15) is 11.5 Å². The van der Waals surface area contributed by atoms with Crippen LogP contribution in [0.1, 0.15) is 12.0 Å². The number of urea groups is 1. The van der Waals surface area contributed by atoms with Crippen LogP contribution < -0.4 is 15.4 Å². The van der Waals surface area contributed by atoms with Crippen molar-refractivity contribution in [2.24, 2.45) is 0 Å². The van der Waals surface area contributed by atoms with Crippen LogP contribution in [-0.2, 0) is 21.5 Å². The molecule has 1 aromatic carbocycles. The molecule has 3 amide bonds. The molecule has 1 spiro atoms. The highest BCUT2D eigenvalue weighted by Gasteiger charge is 2.53. The molecule has 1 saturated heterocycles. The molecule has 2 aliphatic rings. The molecule has 0 aromatic heterocycles. The Morgan fingerprint density at radius 3 is 2.84 bits per heavy atom. The lowest BCUT2D eigenvalue weighted by Gasteiger charge is -2.33. The summed E-state index contributed by atoms with van der Waals surface area (Å²) in [4.78, 5) is 24.1. The minimum Gasteiger partial charge on any atom is -0.611 e. The molecular weight excluding hydrogens is 268 g/mol.